The molecule has 0 radical (unpaired) electrons. The van der Waals surface area contributed by atoms with Crippen LogP contribution in [0.2, 0.25) is 0 Å². The Bertz CT molecular complexity index is 500. The summed E-state index contributed by atoms with van der Waals surface area (Å²) in [5.41, 5.74) is 2.24. The fourth-order valence-electron chi connectivity index (χ4n) is 2.68. The average molecular weight is 322 g/mol. The highest BCUT2D eigenvalue weighted by atomic mass is 79.9. The SMILES string of the molecule is BrCCCN(Cc1cn2ccccc2n1)C1CCC1. The first-order chi connectivity index (χ1) is 9.36. The number of alkyl halides is 1. The quantitative estimate of drug-likeness (QED) is 0.759. The Morgan fingerprint density at radius 2 is 2.26 bits per heavy atom. The molecule has 2 heterocycles. The van der Waals surface area contributed by atoms with Gasteiger partial charge >= 0.3 is 0 Å². The third-order valence-corrected chi connectivity index (χ3v) is 4.51. The van der Waals surface area contributed by atoms with Crippen LogP contribution in [-0.2, 0) is 6.54 Å². The number of nitrogens with zero attached hydrogens (tertiary/aromatic N) is 3. The summed E-state index contributed by atoms with van der Waals surface area (Å²) in [7, 11) is 0. The third-order valence-electron chi connectivity index (χ3n) is 3.95. The van der Waals surface area contributed by atoms with Crippen LogP contribution in [-0.4, -0.2) is 32.2 Å². The molecule has 0 amide bonds. The van der Waals surface area contributed by atoms with Crippen molar-refractivity contribution < 1.29 is 0 Å². The predicted octanol–water partition coefficient (Wildman–Crippen LogP) is 3.47. The van der Waals surface area contributed by atoms with Gasteiger partial charge in [0.1, 0.15) is 5.65 Å². The van der Waals surface area contributed by atoms with E-state index in [0.717, 1.165) is 23.6 Å². The van der Waals surface area contributed by atoms with Crippen molar-refractivity contribution in [1.29, 1.82) is 0 Å². The zero-order valence-electron chi connectivity index (χ0n) is 11.1. The van der Waals surface area contributed by atoms with E-state index in [9.17, 15) is 0 Å². The van der Waals surface area contributed by atoms with E-state index in [1.54, 1.807) is 0 Å². The van der Waals surface area contributed by atoms with Gasteiger partial charge in [-0.25, -0.2) is 4.98 Å². The van der Waals surface area contributed by atoms with Gasteiger partial charge in [-0.1, -0.05) is 28.4 Å². The highest BCUT2D eigenvalue weighted by Crippen LogP contribution is 2.26. The molecule has 0 spiro atoms. The van der Waals surface area contributed by atoms with Gasteiger partial charge in [0.15, 0.2) is 0 Å². The number of pyridine rings is 1. The Balaban J connectivity index is 1.72. The Morgan fingerprint density at radius 1 is 1.37 bits per heavy atom. The lowest BCUT2D eigenvalue weighted by atomic mass is 9.91. The van der Waals surface area contributed by atoms with Crippen LogP contribution >= 0.6 is 15.9 Å². The molecule has 0 unspecified atom stereocenters. The standard InChI is InChI=1S/C15H20BrN3/c16-8-4-10-18(14-5-3-6-14)11-13-12-19-9-2-1-7-15(19)17-13/h1-2,7,9,12,14H,3-6,8,10-11H2. The van der Waals surface area contributed by atoms with Crippen molar-refractivity contribution in [2.24, 2.45) is 0 Å². The first-order valence-electron chi connectivity index (χ1n) is 7.09. The van der Waals surface area contributed by atoms with E-state index >= 15 is 0 Å². The molecular weight excluding hydrogens is 302 g/mol. The summed E-state index contributed by atoms with van der Waals surface area (Å²) in [5.74, 6) is 0. The maximum atomic E-state index is 4.71. The summed E-state index contributed by atoms with van der Waals surface area (Å²) in [6, 6.07) is 6.94. The molecule has 19 heavy (non-hydrogen) atoms. The zero-order chi connectivity index (χ0) is 13.1. The zero-order valence-corrected chi connectivity index (χ0v) is 12.7. The van der Waals surface area contributed by atoms with Gasteiger partial charge in [0, 0.05) is 30.3 Å². The van der Waals surface area contributed by atoms with E-state index < -0.39 is 0 Å². The molecule has 2 aromatic heterocycles. The van der Waals surface area contributed by atoms with Gasteiger partial charge in [0.25, 0.3) is 0 Å². The van der Waals surface area contributed by atoms with E-state index in [2.05, 4.69) is 43.7 Å². The monoisotopic (exact) mass is 321 g/mol. The number of halogens is 1. The molecule has 1 saturated carbocycles. The summed E-state index contributed by atoms with van der Waals surface area (Å²) >= 11 is 3.53. The van der Waals surface area contributed by atoms with Crippen molar-refractivity contribution in [3.05, 3.63) is 36.3 Å². The van der Waals surface area contributed by atoms with Gasteiger partial charge in [-0.3, -0.25) is 4.90 Å². The fourth-order valence-corrected chi connectivity index (χ4v) is 2.93. The van der Waals surface area contributed by atoms with E-state index in [1.165, 1.54) is 37.9 Å². The second-order valence-electron chi connectivity index (χ2n) is 5.30. The first-order valence-corrected chi connectivity index (χ1v) is 8.21. The van der Waals surface area contributed by atoms with Gasteiger partial charge in [-0.2, -0.15) is 0 Å². The fraction of sp³-hybridized carbons (Fsp3) is 0.533. The van der Waals surface area contributed by atoms with Crippen LogP contribution in [0, 0.1) is 0 Å². The topological polar surface area (TPSA) is 20.5 Å². The van der Waals surface area contributed by atoms with Crippen LogP contribution in [0.5, 0.6) is 0 Å². The van der Waals surface area contributed by atoms with Gasteiger partial charge in [-0.05, 0) is 37.9 Å². The molecule has 1 fully saturated rings. The van der Waals surface area contributed by atoms with Crippen LogP contribution < -0.4 is 0 Å². The lowest BCUT2D eigenvalue weighted by molar-refractivity contribution is 0.119. The van der Waals surface area contributed by atoms with Crippen LogP contribution in [0.15, 0.2) is 30.6 Å². The molecule has 3 nitrogen and oxygen atoms in total. The highest BCUT2D eigenvalue weighted by Gasteiger charge is 2.25. The van der Waals surface area contributed by atoms with Crippen molar-refractivity contribution in [2.75, 3.05) is 11.9 Å². The second kappa shape index (κ2) is 6.06. The van der Waals surface area contributed by atoms with Crippen molar-refractivity contribution >= 4 is 21.6 Å². The molecule has 0 N–H and O–H groups in total. The molecule has 0 bridgehead atoms. The maximum Gasteiger partial charge on any atom is 0.137 e. The molecule has 3 rings (SSSR count). The van der Waals surface area contributed by atoms with Crippen LogP contribution in [0.1, 0.15) is 31.4 Å². The molecule has 1 aliphatic carbocycles. The minimum Gasteiger partial charge on any atom is -0.307 e. The van der Waals surface area contributed by atoms with Crippen LogP contribution in [0.3, 0.4) is 0 Å². The van der Waals surface area contributed by atoms with Gasteiger partial charge in [0.2, 0.25) is 0 Å². The van der Waals surface area contributed by atoms with E-state index in [0.29, 0.717) is 0 Å². The normalized spacial score (nSPS) is 16.1. The van der Waals surface area contributed by atoms with Gasteiger partial charge in [0.05, 0.1) is 5.69 Å². The lowest BCUT2D eigenvalue weighted by Crippen LogP contribution is -2.40. The summed E-state index contributed by atoms with van der Waals surface area (Å²) in [6.07, 6.45) is 9.54. The van der Waals surface area contributed by atoms with E-state index in [1.807, 2.05) is 12.1 Å². The van der Waals surface area contributed by atoms with Crippen LogP contribution in [0.25, 0.3) is 5.65 Å². The minimum atomic E-state index is 0.781. The van der Waals surface area contributed by atoms with E-state index in [-0.39, 0.29) is 0 Å². The Hall–Kier alpha value is -0.870. The molecule has 1 aliphatic rings. The first kappa shape index (κ1) is 13.1. The number of rotatable bonds is 6. The number of hydrogen-bond acceptors (Lipinski definition) is 2. The Morgan fingerprint density at radius 3 is 2.95 bits per heavy atom. The molecule has 0 saturated heterocycles. The number of fused-ring (bicyclic) bond motifs is 1. The molecule has 0 aromatic carbocycles. The van der Waals surface area contributed by atoms with Crippen molar-refractivity contribution in [3.63, 3.8) is 0 Å². The molecule has 0 atom stereocenters. The van der Waals surface area contributed by atoms with Crippen LogP contribution in [0.4, 0.5) is 0 Å². The lowest BCUT2D eigenvalue weighted by Gasteiger charge is -2.37. The van der Waals surface area contributed by atoms with E-state index in [4.69, 9.17) is 4.98 Å². The predicted molar refractivity (Wildman–Crippen MR) is 81.7 cm³/mol. The van der Waals surface area contributed by atoms with Gasteiger partial charge in [-0.15, -0.1) is 0 Å². The summed E-state index contributed by atoms with van der Waals surface area (Å²) < 4.78 is 2.11. The third kappa shape index (κ3) is 3.00. The highest BCUT2D eigenvalue weighted by molar-refractivity contribution is 9.09. The molecule has 4 heteroatoms. The number of aromatic nitrogens is 2. The number of hydrogen-bond donors (Lipinski definition) is 0. The molecule has 0 aliphatic heterocycles. The van der Waals surface area contributed by atoms with Gasteiger partial charge < -0.3 is 4.40 Å². The second-order valence-corrected chi connectivity index (χ2v) is 6.09. The summed E-state index contributed by atoms with van der Waals surface area (Å²) in [4.78, 5) is 7.31. The van der Waals surface area contributed by atoms with Crippen molar-refractivity contribution in [2.45, 2.75) is 38.3 Å². The molecule has 102 valence electrons. The molecule has 2 aromatic rings. The largest absolute Gasteiger partial charge is 0.307 e. The number of imidazole rings is 1. The summed E-state index contributed by atoms with van der Waals surface area (Å²) in [5, 5.41) is 1.08. The minimum absolute atomic E-state index is 0.781. The molecular formula is C15H20BrN3. The smallest absolute Gasteiger partial charge is 0.137 e. The summed E-state index contributed by atoms with van der Waals surface area (Å²) in [6.45, 7) is 2.16. The Kier molecular flexibility index (Phi) is 4.18. The Labute approximate surface area is 122 Å². The van der Waals surface area contributed by atoms with Crippen molar-refractivity contribution in [3.8, 4) is 0 Å². The maximum absolute atomic E-state index is 4.71. The van der Waals surface area contributed by atoms with Crippen molar-refractivity contribution in [1.82, 2.24) is 14.3 Å². The average Bonchev–Trinajstić information content (AvgIpc) is 2.76.